The fourth-order valence-corrected chi connectivity index (χ4v) is 7.96. The first-order valence-corrected chi connectivity index (χ1v) is 15.2. The van der Waals surface area contributed by atoms with E-state index in [0.717, 1.165) is 34.6 Å². The molecule has 1 aliphatic heterocycles. The van der Waals surface area contributed by atoms with E-state index in [1.807, 2.05) is 67.0 Å². The molecule has 1 aliphatic carbocycles. The molecule has 3 aromatic carbocycles. The van der Waals surface area contributed by atoms with Gasteiger partial charge in [0.1, 0.15) is 23.0 Å². The highest BCUT2D eigenvalue weighted by Crippen LogP contribution is 2.70. The summed E-state index contributed by atoms with van der Waals surface area (Å²) in [5, 5.41) is 3.96. The molecule has 0 saturated heterocycles. The van der Waals surface area contributed by atoms with Crippen molar-refractivity contribution in [3.63, 3.8) is 0 Å². The Hall–Kier alpha value is -4.08. The molecule has 1 N–H and O–H groups in total. The van der Waals surface area contributed by atoms with Gasteiger partial charge in [0, 0.05) is 29.5 Å². The van der Waals surface area contributed by atoms with Crippen molar-refractivity contribution < 1.29 is 28.5 Å². The van der Waals surface area contributed by atoms with Crippen LogP contribution in [-0.4, -0.2) is 45.9 Å². The molecule has 0 radical (unpaired) electrons. The van der Waals surface area contributed by atoms with Crippen molar-refractivity contribution in [2.24, 2.45) is 5.92 Å². The molecule has 0 bridgehead atoms. The number of hydrogen-bond acceptors (Lipinski definition) is 9. The number of ether oxygens (including phenoxy) is 5. The lowest BCUT2D eigenvalue weighted by molar-refractivity contribution is -0.146. The van der Waals surface area contributed by atoms with Crippen LogP contribution in [0, 0.1) is 12.8 Å². The second-order valence-electron chi connectivity index (χ2n) is 10.9. The highest BCUT2D eigenvalue weighted by Gasteiger charge is 2.73. The van der Waals surface area contributed by atoms with E-state index in [9.17, 15) is 4.79 Å². The third-order valence-corrected chi connectivity index (χ3v) is 9.99. The summed E-state index contributed by atoms with van der Waals surface area (Å²) in [4.78, 5) is 19.4. The first-order chi connectivity index (χ1) is 20.9. The van der Waals surface area contributed by atoms with Crippen LogP contribution in [0.15, 0.2) is 72.2 Å². The maximum atomic E-state index is 13.7. The number of nitrogens with one attached hydrogen (secondary N) is 1. The molecule has 9 heteroatoms. The Kier molecular flexibility index (Phi) is 7.79. The number of carbonyl (C=O) groups excluding carboxylic acids is 1. The lowest BCUT2D eigenvalue weighted by Crippen LogP contribution is -2.56. The topological polar surface area (TPSA) is 88.1 Å². The van der Waals surface area contributed by atoms with Gasteiger partial charge in [-0.25, -0.2) is 4.98 Å². The molecular formula is C34H36N2O6S. The van der Waals surface area contributed by atoms with Crippen molar-refractivity contribution in [2.45, 2.75) is 36.8 Å². The maximum absolute atomic E-state index is 13.7. The Bertz CT molecular complexity index is 1610. The second kappa shape index (κ2) is 11.5. The van der Waals surface area contributed by atoms with E-state index in [0.29, 0.717) is 30.2 Å². The number of thiazole rings is 1. The van der Waals surface area contributed by atoms with Crippen LogP contribution >= 0.6 is 11.3 Å². The van der Waals surface area contributed by atoms with E-state index in [2.05, 4.69) is 22.4 Å². The first kappa shape index (κ1) is 29.0. The number of carbonyl (C=O) groups is 1. The van der Waals surface area contributed by atoms with Gasteiger partial charge in [0.25, 0.3) is 0 Å². The molecule has 43 heavy (non-hydrogen) atoms. The number of aryl methyl sites for hydroxylation is 1. The zero-order valence-corrected chi connectivity index (χ0v) is 25.8. The molecule has 1 fully saturated rings. The van der Waals surface area contributed by atoms with Crippen LogP contribution in [0.3, 0.4) is 0 Å². The summed E-state index contributed by atoms with van der Waals surface area (Å²) in [7, 11) is 6.38. The Labute approximate surface area is 255 Å². The van der Waals surface area contributed by atoms with Crippen LogP contribution in [0.5, 0.6) is 23.0 Å². The van der Waals surface area contributed by atoms with E-state index in [1.165, 1.54) is 12.0 Å². The highest BCUT2D eigenvalue weighted by molar-refractivity contribution is 7.09. The fourth-order valence-electron chi connectivity index (χ4n) is 7.17. The molecule has 6 rings (SSSR count). The number of nitrogens with zero attached hydrogens (tertiary/aromatic N) is 1. The van der Waals surface area contributed by atoms with Crippen molar-refractivity contribution in [3.8, 4) is 23.0 Å². The van der Waals surface area contributed by atoms with Gasteiger partial charge in [-0.1, -0.05) is 42.5 Å². The predicted molar refractivity (Wildman–Crippen MR) is 164 cm³/mol. The molecule has 8 nitrogen and oxygen atoms in total. The van der Waals surface area contributed by atoms with E-state index in [1.54, 1.807) is 32.7 Å². The number of fused-ring (bicyclic) bond motifs is 3. The van der Waals surface area contributed by atoms with Crippen molar-refractivity contribution in [3.05, 3.63) is 99.5 Å². The summed E-state index contributed by atoms with van der Waals surface area (Å²) in [6.45, 7) is 2.65. The van der Waals surface area contributed by atoms with Crippen molar-refractivity contribution in [1.82, 2.24) is 10.3 Å². The Balaban J connectivity index is 1.64. The van der Waals surface area contributed by atoms with Crippen LogP contribution in [-0.2, 0) is 27.1 Å². The molecule has 2 aliphatic rings. The quantitative estimate of drug-likeness (QED) is 0.230. The number of aromatic nitrogens is 1. The molecule has 0 amide bonds. The van der Waals surface area contributed by atoms with Crippen molar-refractivity contribution in [1.29, 1.82) is 0 Å². The van der Waals surface area contributed by atoms with Gasteiger partial charge >= 0.3 is 5.97 Å². The molecule has 1 aromatic heterocycles. The normalized spacial score (nSPS) is 23.7. The minimum Gasteiger partial charge on any atom is -0.497 e. The van der Waals surface area contributed by atoms with Gasteiger partial charge in [-0.05, 0) is 43.0 Å². The summed E-state index contributed by atoms with van der Waals surface area (Å²) >= 11 is 1.65. The highest BCUT2D eigenvalue weighted by atomic mass is 32.1. The van der Waals surface area contributed by atoms with E-state index in [-0.39, 0.29) is 5.97 Å². The smallest absolute Gasteiger partial charge is 0.309 e. The number of benzene rings is 3. The van der Waals surface area contributed by atoms with Gasteiger partial charge in [-0.3, -0.25) is 4.79 Å². The second-order valence-corrected chi connectivity index (χ2v) is 11.9. The molecule has 0 unspecified atom stereocenters. The summed E-state index contributed by atoms with van der Waals surface area (Å²) in [5.74, 6) is 1.42. The molecular weight excluding hydrogens is 564 g/mol. The number of methoxy groups -OCH3 is 4. The van der Waals surface area contributed by atoms with E-state index >= 15 is 0 Å². The fraction of sp³-hybridized carbons (Fsp3) is 0.353. The zero-order valence-electron chi connectivity index (χ0n) is 25.0. The largest absolute Gasteiger partial charge is 0.497 e. The maximum Gasteiger partial charge on any atom is 0.309 e. The zero-order chi connectivity index (χ0) is 30.2. The van der Waals surface area contributed by atoms with Crippen molar-refractivity contribution >= 4 is 17.3 Å². The lowest BCUT2D eigenvalue weighted by Gasteiger charge is -2.44. The number of rotatable bonds is 10. The minimum absolute atomic E-state index is 0.284. The Morgan fingerprint density at radius 2 is 1.74 bits per heavy atom. The third kappa shape index (κ3) is 4.53. The summed E-state index contributed by atoms with van der Waals surface area (Å²) < 4.78 is 30.0. The van der Waals surface area contributed by atoms with Crippen LogP contribution < -0.4 is 24.3 Å². The van der Waals surface area contributed by atoms with Gasteiger partial charge in [0.05, 0.1) is 56.7 Å². The van der Waals surface area contributed by atoms with Crippen LogP contribution in [0.4, 0.5) is 0 Å². The number of hydrogen-bond donors (Lipinski definition) is 1. The monoisotopic (exact) mass is 600 g/mol. The van der Waals surface area contributed by atoms with Gasteiger partial charge in [0.15, 0.2) is 5.60 Å². The predicted octanol–water partition coefficient (Wildman–Crippen LogP) is 5.77. The van der Waals surface area contributed by atoms with Crippen LogP contribution in [0.25, 0.3) is 0 Å². The summed E-state index contributed by atoms with van der Waals surface area (Å²) in [6.07, 6.45) is 1.19. The number of esters is 1. The Morgan fingerprint density at radius 3 is 2.37 bits per heavy atom. The molecule has 4 aromatic rings. The van der Waals surface area contributed by atoms with Crippen LogP contribution in [0.1, 0.15) is 39.6 Å². The molecule has 1 saturated carbocycles. The van der Waals surface area contributed by atoms with Gasteiger partial charge in [-0.2, -0.15) is 0 Å². The summed E-state index contributed by atoms with van der Waals surface area (Å²) in [5.41, 5.74) is 3.71. The lowest BCUT2D eigenvalue weighted by atomic mass is 9.69. The minimum atomic E-state index is -1.07. The first-order valence-electron chi connectivity index (χ1n) is 14.3. The molecule has 224 valence electrons. The molecule has 2 heterocycles. The summed E-state index contributed by atoms with van der Waals surface area (Å²) in [6, 6.07) is 21.8. The third-order valence-electron chi connectivity index (χ3n) is 9.00. The Morgan fingerprint density at radius 1 is 1.00 bits per heavy atom. The molecule has 0 spiro atoms. The van der Waals surface area contributed by atoms with Gasteiger partial charge < -0.3 is 29.0 Å². The molecule has 4 atom stereocenters. The average molecular weight is 601 g/mol. The SMILES string of the molecule is COC(=O)[C@H]1C[C@@]2(NCCc3scnc3C)c3c(OC)cc(OC)cc3O[C@@]2(c2ccc(OC)cc2)[C@@H]1c1ccccc1. The average Bonchev–Trinajstić information content (AvgIpc) is 3.68. The standard InChI is InChI=1S/C34H36N2O6S/c1-21-29(43-20-35-21)15-16-36-33-19-26(32(37)41-5)30(22-9-7-6-8-10-22)34(33,23-11-13-24(38-2)14-12-23)42-28-18-25(39-3)17-27(40-4)31(28)33/h6-14,17-18,20,26,30,36H,15-16,19H2,1-5H3/t26-,30+,33+,34-/m0/s1. The van der Waals surface area contributed by atoms with Crippen LogP contribution in [0.2, 0.25) is 0 Å². The van der Waals surface area contributed by atoms with E-state index < -0.39 is 23.0 Å². The van der Waals surface area contributed by atoms with Gasteiger partial charge in [-0.15, -0.1) is 11.3 Å². The van der Waals surface area contributed by atoms with Gasteiger partial charge in [0.2, 0.25) is 0 Å². The van der Waals surface area contributed by atoms with E-state index in [4.69, 9.17) is 23.7 Å². The van der Waals surface area contributed by atoms with Crippen molar-refractivity contribution in [2.75, 3.05) is 35.0 Å².